The molecule has 178 valence electrons. The number of carbonyl (C=O) groups excluding carboxylic acids is 2. The highest BCUT2D eigenvalue weighted by atomic mass is 16.5. The number of hydrogen-bond acceptors (Lipinski definition) is 4. The van der Waals surface area contributed by atoms with Crippen LogP contribution in [0.1, 0.15) is 49.7 Å². The van der Waals surface area contributed by atoms with Crippen LogP contribution in [-0.2, 0) is 14.3 Å². The Hall–Kier alpha value is -3.35. The fraction of sp³-hybridized carbons (Fsp3) is 0.444. The van der Waals surface area contributed by atoms with Crippen molar-refractivity contribution in [2.45, 2.75) is 44.6 Å². The minimum absolute atomic E-state index is 0.0204. The monoisotopic (exact) mass is 462 g/mol. The number of benzene rings is 2. The maximum atomic E-state index is 12.8. The standard InChI is InChI=1S/C27H30N2O5/c1-2-7-18(12-24(30)29-14-17-13-27(17,16-29)25(31)32)28-26(33)34-15-23-21-10-5-3-8-19(21)20-9-4-6-11-22(20)23/h3-6,8-11,17-18,23H,2,7,12-16H2,1H3,(H,28,33)(H,31,32)/t17?,18-,27?/m1/s1. The van der Waals surface area contributed by atoms with Crippen LogP contribution in [0.5, 0.6) is 0 Å². The number of carboxylic acid groups (broad SMARTS) is 1. The zero-order valence-corrected chi connectivity index (χ0v) is 19.3. The summed E-state index contributed by atoms with van der Waals surface area (Å²) < 4.78 is 5.64. The first kappa shape index (κ1) is 22.4. The average Bonchev–Trinajstić information content (AvgIpc) is 3.25. The van der Waals surface area contributed by atoms with Gasteiger partial charge in [-0.3, -0.25) is 9.59 Å². The van der Waals surface area contributed by atoms with Gasteiger partial charge in [-0.25, -0.2) is 4.79 Å². The van der Waals surface area contributed by atoms with Crippen LogP contribution in [0.15, 0.2) is 48.5 Å². The molecule has 34 heavy (non-hydrogen) atoms. The van der Waals surface area contributed by atoms with E-state index in [-0.39, 0.29) is 43.4 Å². The summed E-state index contributed by atoms with van der Waals surface area (Å²) in [6, 6.07) is 16.0. The number of carboxylic acids is 1. The molecule has 1 saturated carbocycles. The van der Waals surface area contributed by atoms with Gasteiger partial charge in [-0.15, -0.1) is 0 Å². The molecule has 0 radical (unpaired) electrons. The quantitative estimate of drug-likeness (QED) is 0.618. The number of likely N-dealkylation sites (tertiary alicyclic amines) is 1. The lowest BCUT2D eigenvalue weighted by Crippen LogP contribution is -2.41. The van der Waals surface area contributed by atoms with E-state index in [1.807, 2.05) is 31.2 Å². The van der Waals surface area contributed by atoms with Gasteiger partial charge in [0.15, 0.2) is 0 Å². The normalized spacial score (nSPS) is 23.0. The molecule has 3 atom stereocenters. The molecule has 1 saturated heterocycles. The SMILES string of the molecule is CCC[C@H](CC(=O)N1CC2CC2(C(=O)O)C1)NC(=O)OCC1c2ccccc2-c2ccccc21. The van der Waals surface area contributed by atoms with E-state index in [1.54, 1.807) is 4.90 Å². The number of nitrogens with zero attached hydrogens (tertiary/aromatic N) is 1. The molecule has 0 aromatic heterocycles. The summed E-state index contributed by atoms with van der Waals surface area (Å²) in [5.41, 5.74) is 3.90. The van der Waals surface area contributed by atoms with Crippen LogP contribution in [0, 0.1) is 11.3 Å². The molecule has 0 spiro atoms. The molecular formula is C27H30N2O5. The van der Waals surface area contributed by atoms with Crippen LogP contribution in [0.3, 0.4) is 0 Å². The van der Waals surface area contributed by atoms with Gasteiger partial charge in [0, 0.05) is 31.5 Å². The van der Waals surface area contributed by atoms with Crippen LogP contribution >= 0.6 is 0 Å². The van der Waals surface area contributed by atoms with E-state index in [1.165, 1.54) is 11.1 Å². The second-order valence-corrected chi connectivity index (χ2v) is 9.80. The van der Waals surface area contributed by atoms with Gasteiger partial charge in [-0.2, -0.15) is 0 Å². The van der Waals surface area contributed by atoms with Crippen LogP contribution in [0.4, 0.5) is 4.79 Å². The van der Waals surface area contributed by atoms with Crippen molar-refractivity contribution in [3.63, 3.8) is 0 Å². The molecule has 2 aliphatic carbocycles. The Balaban J connectivity index is 1.18. The van der Waals surface area contributed by atoms with Gasteiger partial charge in [0.2, 0.25) is 5.91 Å². The summed E-state index contributed by atoms with van der Waals surface area (Å²) in [5.74, 6) is -0.874. The van der Waals surface area contributed by atoms with E-state index < -0.39 is 17.5 Å². The van der Waals surface area contributed by atoms with Gasteiger partial charge in [-0.05, 0) is 41.0 Å². The molecule has 2 aromatic carbocycles. The van der Waals surface area contributed by atoms with Gasteiger partial charge < -0.3 is 20.1 Å². The molecule has 1 heterocycles. The fourth-order valence-electron chi connectivity index (χ4n) is 5.72. The third kappa shape index (κ3) is 3.93. The van der Waals surface area contributed by atoms with E-state index in [2.05, 4.69) is 29.6 Å². The second kappa shape index (κ2) is 8.78. The number of carbonyl (C=O) groups is 3. The fourth-order valence-corrected chi connectivity index (χ4v) is 5.72. The molecule has 3 aliphatic rings. The highest BCUT2D eigenvalue weighted by Gasteiger charge is 2.66. The Bertz CT molecular complexity index is 1090. The zero-order valence-electron chi connectivity index (χ0n) is 19.3. The molecule has 0 bridgehead atoms. The van der Waals surface area contributed by atoms with Crippen molar-refractivity contribution in [3.05, 3.63) is 59.7 Å². The summed E-state index contributed by atoms with van der Waals surface area (Å²) in [4.78, 5) is 38.7. The van der Waals surface area contributed by atoms with Crippen molar-refractivity contribution in [2.75, 3.05) is 19.7 Å². The Kier molecular flexibility index (Phi) is 5.80. The Morgan fingerprint density at radius 1 is 1.12 bits per heavy atom. The predicted molar refractivity (Wildman–Crippen MR) is 126 cm³/mol. The number of fused-ring (bicyclic) bond motifs is 4. The topological polar surface area (TPSA) is 95.9 Å². The van der Waals surface area contributed by atoms with Gasteiger partial charge >= 0.3 is 12.1 Å². The largest absolute Gasteiger partial charge is 0.481 e. The molecule has 7 nitrogen and oxygen atoms in total. The molecule has 2 unspecified atom stereocenters. The van der Waals surface area contributed by atoms with E-state index >= 15 is 0 Å². The van der Waals surface area contributed by atoms with E-state index in [4.69, 9.17) is 4.74 Å². The molecular weight excluding hydrogens is 432 g/mol. The second-order valence-electron chi connectivity index (χ2n) is 9.80. The predicted octanol–water partition coefficient (Wildman–Crippen LogP) is 4.02. The van der Waals surface area contributed by atoms with Crippen molar-refractivity contribution in [1.29, 1.82) is 0 Å². The summed E-state index contributed by atoms with van der Waals surface area (Å²) in [6.45, 7) is 2.99. The number of nitrogens with one attached hydrogen (secondary N) is 1. The van der Waals surface area contributed by atoms with Crippen LogP contribution in [-0.4, -0.2) is 53.7 Å². The summed E-state index contributed by atoms with van der Waals surface area (Å²) in [7, 11) is 0. The zero-order chi connectivity index (χ0) is 23.9. The number of rotatable bonds is 8. The van der Waals surface area contributed by atoms with Gasteiger partial charge in [0.05, 0.1) is 5.41 Å². The van der Waals surface area contributed by atoms with E-state index in [0.29, 0.717) is 19.4 Å². The first-order chi connectivity index (χ1) is 16.4. The van der Waals surface area contributed by atoms with Gasteiger partial charge in [-0.1, -0.05) is 61.9 Å². The lowest BCUT2D eigenvalue weighted by molar-refractivity contribution is -0.144. The van der Waals surface area contributed by atoms with Crippen molar-refractivity contribution in [1.82, 2.24) is 10.2 Å². The molecule has 2 amide bonds. The highest BCUT2D eigenvalue weighted by molar-refractivity contribution is 5.84. The number of hydrogen-bond donors (Lipinski definition) is 2. The van der Waals surface area contributed by atoms with Crippen LogP contribution in [0.2, 0.25) is 0 Å². The summed E-state index contributed by atoms with van der Waals surface area (Å²) in [6.07, 6.45) is 1.74. The van der Waals surface area contributed by atoms with Crippen molar-refractivity contribution < 1.29 is 24.2 Å². The lowest BCUT2D eigenvalue weighted by atomic mass is 9.98. The number of amides is 2. The van der Waals surface area contributed by atoms with E-state index in [0.717, 1.165) is 17.5 Å². The molecule has 2 N–H and O–H groups in total. The van der Waals surface area contributed by atoms with Gasteiger partial charge in [0.1, 0.15) is 6.61 Å². The number of piperidine rings is 1. The Morgan fingerprint density at radius 3 is 2.35 bits per heavy atom. The number of aliphatic carboxylic acids is 1. The van der Waals surface area contributed by atoms with Crippen LogP contribution in [0.25, 0.3) is 11.1 Å². The van der Waals surface area contributed by atoms with Crippen molar-refractivity contribution in [3.8, 4) is 11.1 Å². The Morgan fingerprint density at radius 2 is 1.76 bits per heavy atom. The number of alkyl carbamates (subject to hydrolysis) is 1. The maximum Gasteiger partial charge on any atom is 0.407 e. The van der Waals surface area contributed by atoms with E-state index in [9.17, 15) is 19.5 Å². The Labute approximate surface area is 199 Å². The molecule has 5 rings (SSSR count). The molecule has 1 aliphatic heterocycles. The highest BCUT2D eigenvalue weighted by Crippen LogP contribution is 2.58. The minimum Gasteiger partial charge on any atom is -0.481 e. The molecule has 2 fully saturated rings. The van der Waals surface area contributed by atoms with Crippen molar-refractivity contribution in [2.24, 2.45) is 11.3 Å². The average molecular weight is 463 g/mol. The minimum atomic E-state index is -0.810. The molecule has 2 aromatic rings. The van der Waals surface area contributed by atoms with Gasteiger partial charge in [0.25, 0.3) is 0 Å². The summed E-state index contributed by atoms with van der Waals surface area (Å²) in [5, 5.41) is 12.3. The third-order valence-electron chi connectivity index (χ3n) is 7.65. The number of ether oxygens (including phenoxy) is 1. The third-order valence-corrected chi connectivity index (χ3v) is 7.65. The van der Waals surface area contributed by atoms with Crippen LogP contribution < -0.4 is 5.32 Å². The summed E-state index contributed by atoms with van der Waals surface area (Å²) >= 11 is 0. The molecule has 7 heteroatoms. The maximum absolute atomic E-state index is 12.8. The first-order valence-electron chi connectivity index (χ1n) is 12.1. The smallest absolute Gasteiger partial charge is 0.407 e. The van der Waals surface area contributed by atoms with Crippen molar-refractivity contribution >= 4 is 18.0 Å². The first-order valence-corrected chi connectivity index (χ1v) is 12.1. The lowest BCUT2D eigenvalue weighted by Gasteiger charge is -2.24.